The highest BCUT2D eigenvalue weighted by atomic mass is 16.5. The van der Waals surface area contributed by atoms with E-state index < -0.39 is 5.54 Å². The van der Waals surface area contributed by atoms with E-state index in [-0.39, 0.29) is 13.2 Å². The summed E-state index contributed by atoms with van der Waals surface area (Å²) in [7, 11) is 3.17. The zero-order valence-corrected chi connectivity index (χ0v) is 11.1. The molecule has 0 aliphatic heterocycles. The zero-order chi connectivity index (χ0) is 13.6. The maximum absolute atomic E-state index is 9.18. The summed E-state index contributed by atoms with van der Waals surface area (Å²) in [4.78, 5) is 0. The Morgan fingerprint density at radius 3 is 2.22 bits per heavy atom. The van der Waals surface area contributed by atoms with Gasteiger partial charge < -0.3 is 25.0 Å². The molecule has 1 rings (SSSR count). The first-order valence-electron chi connectivity index (χ1n) is 5.76. The lowest BCUT2D eigenvalue weighted by molar-refractivity contribution is 0.103. The first kappa shape index (κ1) is 14.8. The van der Waals surface area contributed by atoms with Gasteiger partial charge in [-0.3, -0.25) is 0 Å². The molecule has 0 saturated carbocycles. The van der Waals surface area contributed by atoms with Gasteiger partial charge in [0.15, 0.2) is 11.5 Å². The van der Waals surface area contributed by atoms with Crippen LogP contribution in [0.5, 0.6) is 11.5 Å². The van der Waals surface area contributed by atoms with Crippen LogP contribution in [0.25, 0.3) is 0 Å². The van der Waals surface area contributed by atoms with Crippen LogP contribution in [0.1, 0.15) is 12.5 Å². The lowest BCUT2D eigenvalue weighted by atomic mass is 10.0. The topological polar surface area (TPSA) is 71.0 Å². The Morgan fingerprint density at radius 1 is 1.11 bits per heavy atom. The number of rotatable bonds is 7. The number of aliphatic hydroxyl groups is 2. The van der Waals surface area contributed by atoms with Gasteiger partial charge in [0.05, 0.1) is 33.0 Å². The van der Waals surface area contributed by atoms with Crippen molar-refractivity contribution in [1.82, 2.24) is 5.32 Å². The van der Waals surface area contributed by atoms with E-state index in [2.05, 4.69) is 5.32 Å². The van der Waals surface area contributed by atoms with Gasteiger partial charge in [0.25, 0.3) is 0 Å². The van der Waals surface area contributed by atoms with Crippen molar-refractivity contribution in [3.63, 3.8) is 0 Å². The van der Waals surface area contributed by atoms with Crippen molar-refractivity contribution in [2.45, 2.75) is 19.0 Å². The Bertz CT molecular complexity index is 377. The van der Waals surface area contributed by atoms with Gasteiger partial charge in [-0.05, 0) is 24.6 Å². The average Bonchev–Trinajstić information content (AvgIpc) is 2.44. The summed E-state index contributed by atoms with van der Waals surface area (Å²) >= 11 is 0. The first-order chi connectivity index (χ1) is 8.58. The predicted octanol–water partition coefficient (Wildman–Crippen LogP) is 0.537. The van der Waals surface area contributed by atoms with Crippen molar-refractivity contribution in [1.29, 1.82) is 0 Å². The third-order valence-electron chi connectivity index (χ3n) is 2.87. The smallest absolute Gasteiger partial charge is 0.161 e. The SMILES string of the molecule is COc1ccc(CNC(C)(CO)CO)cc1OC. The van der Waals surface area contributed by atoms with E-state index in [1.165, 1.54) is 0 Å². The van der Waals surface area contributed by atoms with Crippen LogP contribution in [0, 0.1) is 0 Å². The fourth-order valence-electron chi connectivity index (χ4n) is 1.47. The van der Waals surface area contributed by atoms with Crippen LogP contribution >= 0.6 is 0 Å². The van der Waals surface area contributed by atoms with Crippen LogP contribution in [0.3, 0.4) is 0 Å². The second-order valence-electron chi connectivity index (χ2n) is 4.42. The number of nitrogens with one attached hydrogen (secondary N) is 1. The van der Waals surface area contributed by atoms with Crippen molar-refractivity contribution in [2.75, 3.05) is 27.4 Å². The largest absolute Gasteiger partial charge is 0.493 e. The molecule has 0 bridgehead atoms. The average molecular weight is 255 g/mol. The summed E-state index contributed by atoms with van der Waals surface area (Å²) < 4.78 is 10.4. The maximum atomic E-state index is 9.18. The van der Waals surface area contributed by atoms with Crippen molar-refractivity contribution in [3.8, 4) is 11.5 Å². The molecule has 0 radical (unpaired) electrons. The van der Waals surface area contributed by atoms with Gasteiger partial charge in [-0.25, -0.2) is 0 Å². The van der Waals surface area contributed by atoms with Gasteiger partial charge in [-0.2, -0.15) is 0 Å². The van der Waals surface area contributed by atoms with Crippen LogP contribution in [0.15, 0.2) is 18.2 Å². The molecule has 18 heavy (non-hydrogen) atoms. The minimum Gasteiger partial charge on any atom is -0.493 e. The summed E-state index contributed by atoms with van der Waals surface area (Å²) in [5.41, 5.74) is 0.299. The lowest BCUT2D eigenvalue weighted by Crippen LogP contribution is -2.48. The highest BCUT2D eigenvalue weighted by molar-refractivity contribution is 5.42. The van der Waals surface area contributed by atoms with Crippen molar-refractivity contribution < 1.29 is 19.7 Å². The van der Waals surface area contributed by atoms with E-state index in [1.54, 1.807) is 21.1 Å². The number of ether oxygens (including phenoxy) is 2. The van der Waals surface area contributed by atoms with Crippen molar-refractivity contribution in [3.05, 3.63) is 23.8 Å². The van der Waals surface area contributed by atoms with E-state index in [9.17, 15) is 10.2 Å². The highest BCUT2D eigenvalue weighted by Crippen LogP contribution is 2.27. The monoisotopic (exact) mass is 255 g/mol. The van der Waals surface area contributed by atoms with Gasteiger partial charge in [0.2, 0.25) is 0 Å². The Labute approximate surface area is 107 Å². The molecule has 0 unspecified atom stereocenters. The van der Waals surface area contributed by atoms with Crippen LogP contribution in [-0.2, 0) is 6.54 Å². The molecule has 0 amide bonds. The van der Waals surface area contributed by atoms with Gasteiger partial charge in [-0.15, -0.1) is 0 Å². The molecule has 0 heterocycles. The van der Waals surface area contributed by atoms with E-state index in [1.807, 2.05) is 18.2 Å². The second kappa shape index (κ2) is 6.58. The van der Waals surface area contributed by atoms with Gasteiger partial charge in [-0.1, -0.05) is 6.07 Å². The minimum atomic E-state index is -0.687. The second-order valence-corrected chi connectivity index (χ2v) is 4.42. The summed E-state index contributed by atoms with van der Waals surface area (Å²) in [5, 5.41) is 21.5. The Balaban J connectivity index is 2.74. The molecule has 1 aromatic carbocycles. The van der Waals surface area contributed by atoms with E-state index >= 15 is 0 Å². The molecule has 1 aromatic rings. The van der Waals surface area contributed by atoms with Gasteiger partial charge >= 0.3 is 0 Å². The molecule has 0 spiro atoms. The molecule has 102 valence electrons. The number of hydrogen-bond donors (Lipinski definition) is 3. The molecule has 0 aliphatic carbocycles. The zero-order valence-electron chi connectivity index (χ0n) is 11.1. The Morgan fingerprint density at radius 2 is 1.72 bits per heavy atom. The molecule has 0 atom stereocenters. The molecular weight excluding hydrogens is 234 g/mol. The molecule has 3 N–H and O–H groups in total. The fourth-order valence-corrected chi connectivity index (χ4v) is 1.47. The molecule has 5 nitrogen and oxygen atoms in total. The predicted molar refractivity (Wildman–Crippen MR) is 69.0 cm³/mol. The molecule has 0 aliphatic rings. The third kappa shape index (κ3) is 3.60. The van der Waals surface area contributed by atoms with Crippen molar-refractivity contribution >= 4 is 0 Å². The molecule has 0 aromatic heterocycles. The number of methoxy groups -OCH3 is 2. The minimum absolute atomic E-state index is 0.128. The van der Waals surface area contributed by atoms with Gasteiger partial charge in [0, 0.05) is 6.54 Å². The first-order valence-corrected chi connectivity index (χ1v) is 5.76. The summed E-state index contributed by atoms with van der Waals surface area (Å²) in [6, 6.07) is 5.59. The number of benzene rings is 1. The summed E-state index contributed by atoms with van der Waals surface area (Å²) in [6.45, 7) is 2.03. The van der Waals surface area contributed by atoms with Crippen LogP contribution in [0.4, 0.5) is 0 Å². The van der Waals surface area contributed by atoms with E-state index in [4.69, 9.17) is 9.47 Å². The number of hydrogen-bond acceptors (Lipinski definition) is 5. The standard InChI is InChI=1S/C13H21NO4/c1-13(8-15,9-16)14-7-10-4-5-11(17-2)12(6-10)18-3/h4-6,14-16H,7-9H2,1-3H3. The lowest BCUT2D eigenvalue weighted by Gasteiger charge is -2.26. The van der Waals surface area contributed by atoms with Crippen LogP contribution in [0.2, 0.25) is 0 Å². The Hall–Kier alpha value is -1.30. The van der Waals surface area contributed by atoms with Gasteiger partial charge in [0.1, 0.15) is 0 Å². The molecular formula is C13H21NO4. The van der Waals surface area contributed by atoms with E-state index in [0.717, 1.165) is 5.56 Å². The molecule has 5 heteroatoms. The van der Waals surface area contributed by atoms with Crippen molar-refractivity contribution in [2.24, 2.45) is 0 Å². The summed E-state index contributed by atoms with van der Waals surface area (Å²) in [6.07, 6.45) is 0. The highest BCUT2D eigenvalue weighted by Gasteiger charge is 2.21. The van der Waals surface area contributed by atoms with Crippen LogP contribution < -0.4 is 14.8 Å². The van der Waals surface area contributed by atoms with Crippen LogP contribution in [-0.4, -0.2) is 43.2 Å². The maximum Gasteiger partial charge on any atom is 0.161 e. The number of aliphatic hydroxyl groups excluding tert-OH is 2. The summed E-state index contributed by atoms with van der Waals surface area (Å²) in [5.74, 6) is 1.33. The fraction of sp³-hybridized carbons (Fsp3) is 0.538. The normalized spacial score (nSPS) is 11.4. The Kier molecular flexibility index (Phi) is 5.40. The molecule has 0 fully saturated rings. The molecule has 0 saturated heterocycles. The quantitative estimate of drug-likeness (QED) is 0.663. The van der Waals surface area contributed by atoms with E-state index in [0.29, 0.717) is 18.0 Å². The third-order valence-corrected chi connectivity index (χ3v) is 2.87.